The van der Waals surface area contributed by atoms with Gasteiger partial charge in [-0.2, -0.15) is 0 Å². The summed E-state index contributed by atoms with van der Waals surface area (Å²) in [5.74, 6) is 2.59. The van der Waals surface area contributed by atoms with Crippen molar-refractivity contribution in [3.05, 3.63) is 95.9 Å². The molecule has 0 aliphatic heterocycles. The minimum Gasteiger partial charge on any atom is -0.468 e. The van der Waals surface area contributed by atoms with Gasteiger partial charge in [0, 0.05) is 19.0 Å². The standard InChI is InChI=1S/C30H38N2O3S/c1-23(2)18-26(32-30(34)16-15-24-10-5-3-6-11-24)20-31-28(19-25-12-7-4-8-13-25)29(33)22-36-21-27-14-9-17-35-27/h3-14,17,23,26,28,31H,15-16,18-22H2,1-2H3,(H,32,34). The van der Waals surface area contributed by atoms with Gasteiger partial charge in [0.1, 0.15) is 5.76 Å². The molecule has 3 aromatic rings. The van der Waals surface area contributed by atoms with E-state index in [4.69, 9.17) is 4.42 Å². The topological polar surface area (TPSA) is 71.3 Å². The molecular weight excluding hydrogens is 468 g/mol. The minimum atomic E-state index is -0.313. The lowest BCUT2D eigenvalue weighted by Crippen LogP contribution is -2.48. The molecule has 5 nitrogen and oxygen atoms in total. The zero-order valence-corrected chi connectivity index (χ0v) is 22.1. The molecule has 3 rings (SSSR count). The molecule has 2 aromatic carbocycles. The van der Waals surface area contributed by atoms with Crippen LogP contribution < -0.4 is 10.6 Å². The number of carbonyl (C=O) groups is 2. The lowest BCUT2D eigenvalue weighted by molar-refractivity contribution is -0.121. The third kappa shape index (κ3) is 10.4. The van der Waals surface area contributed by atoms with E-state index in [1.165, 1.54) is 0 Å². The molecular formula is C30H38N2O3S. The van der Waals surface area contributed by atoms with Crippen LogP contribution >= 0.6 is 11.8 Å². The predicted molar refractivity (Wildman–Crippen MR) is 148 cm³/mol. The van der Waals surface area contributed by atoms with Crippen LogP contribution in [-0.4, -0.2) is 36.1 Å². The van der Waals surface area contributed by atoms with Crippen molar-refractivity contribution in [2.75, 3.05) is 12.3 Å². The molecule has 2 N–H and O–H groups in total. The van der Waals surface area contributed by atoms with Crippen molar-refractivity contribution < 1.29 is 14.0 Å². The second-order valence-corrected chi connectivity index (χ2v) is 10.6. The molecule has 0 saturated carbocycles. The predicted octanol–water partition coefficient (Wildman–Crippen LogP) is 5.45. The zero-order chi connectivity index (χ0) is 25.6. The number of ketones is 1. The summed E-state index contributed by atoms with van der Waals surface area (Å²) in [6.07, 6.45) is 4.30. The molecule has 0 spiro atoms. The van der Waals surface area contributed by atoms with E-state index in [0.29, 0.717) is 36.8 Å². The molecule has 0 bridgehead atoms. The van der Waals surface area contributed by atoms with Gasteiger partial charge < -0.3 is 15.1 Å². The first kappa shape index (κ1) is 27.8. The summed E-state index contributed by atoms with van der Waals surface area (Å²) in [7, 11) is 0. The third-order valence-corrected chi connectivity index (χ3v) is 6.93. The van der Waals surface area contributed by atoms with Crippen molar-refractivity contribution >= 4 is 23.5 Å². The molecule has 0 aliphatic rings. The second-order valence-electron chi connectivity index (χ2n) is 9.57. The molecule has 2 atom stereocenters. The summed E-state index contributed by atoms with van der Waals surface area (Å²) in [5.41, 5.74) is 2.28. The van der Waals surface area contributed by atoms with E-state index in [9.17, 15) is 9.59 Å². The molecule has 0 fully saturated rings. The molecule has 0 aliphatic carbocycles. The highest BCUT2D eigenvalue weighted by molar-refractivity contribution is 7.99. The van der Waals surface area contributed by atoms with Crippen LogP contribution in [0.2, 0.25) is 0 Å². The Balaban J connectivity index is 1.56. The van der Waals surface area contributed by atoms with Crippen molar-refractivity contribution in [3.8, 4) is 0 Å². The molecule has 36 heavy (non-hydrogen) atoms. The van der Waals surface area contributed by atoms with Gasteiger partial charge in [-0.25, -0.2) is 0 Å². The number of furan rings is 1. The number of carbonyl (C=O) groups excluding carboxylic acids is 2. The van der Waals surface area contributed by atoms with Gasteiger partial charge in [-0.1, -0.05) is 74.5 Å². The van der Waals surface area contributed by atoms with E-state index in [0.717, 1.165) is 29.7 Å². The maximum atomic E-state index is 13.2. The van der Waals surface area contributed by atoms with Crippen LogP contribution in [0.15, 0.2) is 83.5 Å². The van der Waals surface area contributed by atoms with Gasteiger partial charge in [-0.15, -0.1) is 11.8 Å². The maximum absolute atomic E-state index is 13.2. The van der Waals surface area contributed by atoms with Crippen LogP contribution in [0.1, 0.15) is 43.6 Å². The van der Waals surface area contributed by atoms with E-state index >= 15 is 0 Å². The van der Waals surface area contributed by atoms with Gasteiger partial charge in [0.25, 0.3) is 0 Å². The van der Waals surface area contributed by atoms with Crippen LogP contribution in [0.4, 0.5) is 0 Å². The Hall–Kier alpha value is -2.83. The van der Waals surface area contributed by atoms with Crippen LogP contribution in [-0.2, 0) is 28.2 Å². The normalized spacial score (nSPS) is 12.9. The quantitative estimate of drug-likeness (QED) is 0.270. The van der Waals surface area contributed by atoms with Gasteiger partial charge >= 0.3 is 0 Å². The Bertz CT molecular complexity index is 1020. The average Bonchev–Trinajstić information content (AvgIpc) is 3.39. The maximum Gasteiger partial charge on any atom is 0.220 e. The van der Waals surface area contributed by atoms with Crippen molar-refractivity contribution in [3.63, 3.8) is 0 Å². The van der Waals surface area contributed by atoms with Crippen LogP contribution in [0, 0.1) is 5.92 Å². The van der Waals surface area contributed by atoms with E-state index in [2.05, 4.69) is 36.6 Å². The van der Waals surface area contributed by atoms with Gasteiger partial charge in [-0.05, 0) is 48.4 Å². The van der Waals surface area contributed by atoms with Gasteiger partial charge in [0.2, 0.25) is 5.91 Å². The van der Waals surface area contributed by atoms with E-state index in [1.807, 2.05) is 60.7 Å². The molecule has 6 heteroatoms. The highest BCUT2D eigenvalue weighted by Gasteiger charge is 2.22. The Morgan fingerprint density at radius 2 is 1.61 bits per heavy atom. The Morgan fingerprint density at radius 3 is 2.25 bits per heavy atom. The Morgan fingerprint density at radius 1 is 0.917 bits per heavy atom. The number of amides is 1. The first-order valence-electron chi connectivity index (χ1n) is 12.7. The van der Waals surface area contributed by atoms with Crippen LogP contribution in [0.5, 0.6) is 0 Å². The molecule has 2 unspecified atom stereocenters. The fraction of sp³-hybridized carbons (Fsp3) is 0.400. The van der Waals surface area contributed by atoms with Gasteiger partial charge in [0.15, 0.2) is 5.78 Å². The van der Waals surface area contributed by atoms with Gasteiger partial charge in [-0.3, -0.25) is 9.59 Å². The summed E-state index contributed by atoms with van der Waals surface area (Å²) in [6.45, 7) is 4.86. The van der Waals surface area contributed by atoms with Crippen molar-refractivity contribution in [1.29, 1.82) is 0 Å². The summed E-state index contributed by atoms with van der Waals surface area (Å²) in [4.78, 5) is 25.9. The number of hydrogen-bond donors (Lipinski definition) is 2. The van der Waals surface area contributed by atoms with E-state index in [1.54, 1.807) is 18.0 Å². The second kappa shape index (κ2) is 15.3. The molecule has 1 heterocycles. The average molecular weight is 507 g/mol. The number of nitrogens with one attached hydrogen (secondary N) is 2. The van der Waals surface area contributed by atoms with Crippen molar-refractivity contribution in [2.45, 2.75) is 57.4 Å². The Labute approximate surface area is 219 Å². The summed E-state index contributed by atoms with van der Waals surface area (Å²) in [6, 6.07) is 23.6. The fourth-order valence-electron chi connectivity index (χ4n) is 4.15. The first-order valence-corrected chi connectivity index (χ1v) is 13.9. The highest BCUT2D eigenvalue weighted by atomic mass is 32.2. The highest BCUT2D eigenvalue weighted by Crippen LogP contribution is 2.15. The molecule has 192 valence electrons. The summed E-state index contributed by atoms with van der Waals surface area (Å²) >= 11 is 1.56. The number of aryl methyl sites for hydroxylation is 1. The first-order chi connectivity index (χ1) is 17.5. The summed E-state index contributed by atoms with van der Waals surface area (Å²) in [5, 5.41) is 6.70. The lowest BCUT2D eigenvalue weighted by Gasteiger charge is -2.25. The monoisotopic (exact) mass is 506 g/mol. The number of rotatable bonds is 16. The molecule has 1 amide bonds. The molecule has 0 saturated heterocycles. The molecule has 1 aromatic heterocycles. The van der Waals surface area contributed by atoms with E-state index in [-0.39, 0.29) is 23.8 Å². The van der Waals surface area contributed by atoms with Gasteiger partial charge in [0.05, 0.1) is 23.8 Å². The summed E-state index contributed by atoms with van der Waals surface area (Å²) < 4.78 is 5.38. The lowest BCUT2D eigenvalue weighted by atomic mass is 10.0. The minimum absolute atomic E-state index is 0.0323. The zero-order valence-electron chi connectivity index (χ0n) is 21.3. The largest absolute Gasteiger partial charge is 0.468 e. The smallest absolute Gasteiger partial charge is 0.220 e. The Kier molecular flexibility index (Phi) is 11.8. The number of hydrogen-bond acceptors (Lipinski definition) is 5. The van der Waals surface area contributed by atoms with Crippen molar-refractivity contribution in [1.82, 2.24) is 10.6 Å². The van der Waals surface area contributed by atoms with E-state index < -0.39 is 0 Å². The number of Topliss-reactive ketones (excluding diaryl/α,β-unsaturated/α-hetero) is 1. The van der Waals surface area contributed by atoms with Crippen LogP contribution in [0.3, 0.4) is 0 Å². The number of benzene rings is 2. The number of thioether (sulfide) groups is 1. The molecule has 0 radical (unpaired) electrons. The SMILES string of the molecule is CC(C)CC(CNC(Cc1ccccc1)C(=O)CSCc1ccco1)NC(=O)CCc1ccccc1. The van der Waals surface area contributed by atoms with Crippen molar-refractivity contribution in [2.24, 2.45) is 5.92 Å². The van der Waals surface area contributed by atoms with Crippen LogP contribution in [0.25, 0.3) is 0 Å². The fourth-order valence-corrected chi connectivity index (χ4v) is 5.02. The third-order valence-electron chi connectivity index (χ3n) is 5.96.